The van der Waals surface area contributed by atoms with Crippen molar-refractivity contribution in [3.63, 3.8) is 0 Å². The first-order chi connectivity index (χ1) is 38.7. The van der Waals surface area contributed by atoms with E-state index in [1.165, 1.54) is 36.4 Å². The van der Waals surface area contributed by atoms with Crippen molar-refractivity contribution in [2.45, 2.75) is 101 Å². The lowest BCUT2D eigenvalue weighted by Crippen LogP contribution is -2.44. The van der Waals surface area contributed by atoms with Gasteiger partial charge >= 0.3 is 5.97 Å². The lowest BCUT2D eigenvalue weighted by atomic mass is 10.1. The first-order valence-electron chi connectivity index (χ1n) is 26.2. The Morgan fingerprint density at radius 1 is 0.383 bits per heavy atom. The monoisotopic (exact) mass is 1130 g/mol. The number of phenolic OH excluding ortho intramolecular Hbond substituents is 4. The predicted octanol–water partition coefficient (Wildman–Crippen LogP) is 1.32. The Bertz CT molecular complexity index is 2870. The molecule has 0 bridgehead atoms. The number of carbonyl (C=O) groups is 9. The Labute approximate surface area is 466 Å². The molecule has 8 amide bonds. The van der Waals surface area contributed by atoms with E-state index in [1.807, 2.05) is 0 Å². The number of unbranched alkanes of at least 4 members (excludes halogenated alkanes) is 4. The summed E-state index contributed by atoms with van der Waals surface area (Å²) in [6.45, 7) is 0.501. The molecule has 4 atom stereocenters. The van der Waals surface area contributed by atoms with Crippen LogP contribution < -0.4 is 71.2 Å². The average molecular weight is 1130 g/mol. The summed E-state index contributed by atoms with van der Waals surface area (Å²) >= 11 is 0. The van der Waals surface area contributed by atoms with Gasteiger partial charge in [-0.3, -0.25) is 43.2 Å². The number of rotatable bonds is 33. The zero-order chi connectivity index (χ0) is 59.6. The summed E-state index contributed by atoms with van der Waals surface area (Å²) in [7, 11) is 0. The SMILES string of the molecule is NCCCCC(N)C(=O)Nc1ccc(O)c(C(=O)NC(CCCCN)C(=O)Nc2ccc(O)c(C(=O)NC(CCCCN)C(=O)Nc3ccc(O)c(C(=O)NC(CCCCN)C(=O)Nc4ccc(O)c(C(=O)NCC(=O)O)c4)c3)c2)c1. The van der Waals surface area contributed by atoms with Crippen LogP contribution in [0.4, 0.5) is 22.7 Å². The fourth-order valence-electron chi connectivity index (χ4n) is 7.99. The molecule has 0 aliphatic heterocycles. The maximum atomic E-state index is 14.0. The van der Waals surface area contributed by atoms with Gasteiger partial charge in [0.25, 0.3) is 23.6 Å². The molecule has 0 saturated carbocycles. The number of aromatic hydroxyl groups is 4. The molecule has 0 aromatic heterocycles. The second-order valence-corrected chi connectivity index (χ2v) is 18.8. The van der Waals surface area contributed by atoms with Crippen molar-refractivity contribution < 1.29 is 68.7 Å². The molecule has 438 valence electrons. The fourth-order valence-corrected chi connectivity index (χ4v) is 7.99. The van der Waals surface area contributed by atoms with Gasteiger partial charge in [-0.1, -0.05) is 6.42 Å². The minimum Gasteiger partial charge on any atom is -0.507 e. The minimum absolute atomic E-state index is 0.00279. The van der Waals surface area contributed by atoms with Crippen LogP contribution in [0.5, 0.6) is 23.0 Å². The number of amides is 8. The van der Waals surface area contributed by atoms with Crippen LogP contribution in [0.15, 0.2) is 72.8 Å². The van der Waals surface area contributed by atoms with Crippen molar-refractivity contribution in [2.24, 2.45) is 28.7 Å². The van der Waals surface area contributed by atoms with Crippen LogP contribution in [-0.4, -0.2) is 136 Å². The standard InChI is InChI=1S/C54H73N13O14/c55-21-5-1-9-38(59)51(78)61-30-13-18-43(69)35(26-30)48(75)65-40(11-3-7-23-57)53(80)63-32-15-20-45(71)37(28-32)50(77)67-41(12-4-8-24-58)54(81)64-33-16-19-44(70)36(27-33)49(76)66-39(10-2-6-22-56)52(79)62-31-14-17-42(68)34(25-31)47(74)60-29-46(72)73/h13-20,25-28,38-41,68-71H,1-12,21-24,29,55-59H2,(H,60,74)(H,61,78)(H,62,79)(H,63,80)(H,64,81)(H,65,75)(H,66,76)(H,67,77)(H,72,73). The Kier molecular flexibility index (Phi) is 26.2. The molecule has 27 nitrogen and oxygen atoms in total. The molecule has 81 heavy (non-hydrogen) atoms. The summed E-state index contributed by atoms with van der Waals surface area (Å²) in [5, 5.41) is 71.8. The number of carboxylic acids is 1. The van der Waals surface area contributed by atoms with Gasteiger partial charge in [-0.15, -0.1) is 0 Å². The number of aliphatic carboxylic acids is 1. The molecule has 0 spiro atoms. The van der Waals surface area contributed by atoms with Crippen LogP contribution in [-0.2, 0) is 24.0 Å². The second kappa shape index (κ2) is 32.9. The zero-order valence-corrected chi connectivity index (χ0v) is 44.6. The topological polar surface area (TPSA) is 481 Å². The Morgan fingerprint density at radius 2 is 0.654 bits per heavy atom. The largest absolute Gasteiger partial charge is 0.507 e. The zero-order valence-electron chi connectivity index (χ0n) is 44.6. The molecule has 4 aromatic rings. The van der Waals surface area contributed by atoms with Gasteiger partial charge in [0.2, 0.25) is 23.6 Å². The van der Waals surface area contributed by atoms with Crippen LogP contribution in [0.1, 0.15) is 118 Å². The Balaban J connectivity index is 1.50. The van der Waals surface area contributed by atoms with Crippen molar-refractivity contribution >= 4 is 76.0 Å². The summed E-state index contributed by atoms with van der Waals surface area (Å²) in [5.74, 6) is -9.86. The molecule has 0 radical (unpaired) electrons. The van der Waals surface area contributed by atoms with E-state index in [0.717, 1.165) is 36.4 Å². The molecule has 4 aromatic carbocycles. The number of benzene rings is 4. The number of anilines is 4. The first kappa shape index (κ1) is 64.6. The van der Waals surface area contributed by atoms with E-state index in [1.54, 1.807) is 0 Å². The van der Waals surface area contributed by atoms with E-state index in [2.05, 4.69) is 42.5 Å². The maximum absolute atomic E-state index is 14.0. The van der Waals surface area contributed by atoms with Crippen molar-refractivity contribution in [3.05, 3.63) is 95.1 Å². The number of hydrogen-bond donors (Lipinski definition) is 18. The molecular formula is C54H73N13O14. The quantitative estimate of drug-likeness (QED) is 0.0236. The summed E-state index contributed by atoms with van der Waals surface area (Å²) in [6, 6.07) is 9.73. The predicted molar refractivity (Wildman–Crippen MR) is 300 cm³/mol. The Morgan fingerprint density at radius 3 is 0.938 bits per heavy atom. The van der Waals surface area contributed by atoms with Gasteiger partial charge in [-0.25, -0.2) is 0 Å². The fraction of sp³-hybridized carbons (Fsp3) is 0.389. The lowest BCUT2D eigenvalue weighted by molar-refractivity contribution is -0.135. The van der Waals surface area contributed by atoms with Crippen molar-refractivity contribution in [3.8, 4) is 23.0 Å². The molecule has 4 unspecified atom stereocenters. The van der Waals surface area contributed by atoms with Crippen LogP contribution in [0.25, 0.3) is 0 Å². The van der Waals surface area contributed by atoms with E-state index < -0.39 is 107 Å². The van der Waals surface area contributed by atoms with Gasteiger partial charge in [0, 0.05) is 22.7 Å². The smallest absolute Gasteiger partial charge is 0.322 e. The molecule has 0 aliphatic carbocycles. The Hall–Kier alpha value is -8.89. The van der Waals surface area contributed by atoms with Gasteiger partial charge in [0.05, 0.1) is 28.3 Å². The lowest BCUT2D eigenvalue weighted by Gasteiger charge is -2.21. The number of carboxylic acid groups (broad SMARTS) is 1. The number of hydrogen-bond acceptors (Lipinski definition) is 18. The third-order valence-electron chi connectivity index (χ3n) is 12.4. The summed E-state index contributed by atoms with van der Waals surface area (Å²) in [6.07, 6.45) is 4.34. The number of carbonyl (C=O) groups excluding carboxylic acids is 8. The summed E-state index contributed by atoms with van der Waals surface area (Å²) < 4.78 is 0. The molecule has 27 heteroatoms. The molecule has 4 rings (SSSR count). The van der Waals surface area contributed by atoms with Crippen LogP contribution in [0.3, 0.4) is 0 Å². The number of nitrogens with two attached hydrogens (primary N) is 5. The van der Waals surface area contributed by atoms with Gasteiger partial charge < -0.3 is 96.7 Å². The van der Waals surface area contributed by atoms with Crippen LogP contribution in [0.2, 0.25) is 0 Å². The van der Waals surface area contributed by atoms with E-state index >= 15 is 0 Å². The molecule has 23 N–H and O–H groups in total. The summed E-state index contributed by atoms with van der Waals surface area (Å²) in [4.78, 5) is 119. The normalized spacial score (nSPS) is 12.4. The third kappa shape index (κ3) is 20.7. The highest BCUT2D eigenvalue weighted by Crippen LogP contribution is 2.27. The third-order valence-corrected chi connectivity index (χ3v) is 12.4. The van der Waals surface area contributed by atoms with Crippen molar-refractivity contribution in [2.75, 3.05) is 54.0 Å². The van der Waals surface area contributed by atoms with Gasteiger partial charge in [-0.05, 0) is 170 Å². The van der Waals surface area contributed by atoms with E-state index in [9.17, 15) is 63.6 Å². The van der Waals surface area contributed by atoms with Crippen molar-refractivity contribution in [1.29, 1.82) is 0 Å². The number of phenols is 4. The van der Waals surface area contributed by atoms with Crippen LogP contribution >= 0.6 is 0 Å². The highest BCUT2D eigenvalue weighted by Gasteiger charge is 2.28. The highest BCUT2D eigenvalue weighted by molar-refractivity contribution is 6.07. The van der Waals surface area contributed by atoms with E-state index in [-0.39, 0.29) is 83.9 Å². The maximum Gasteiger partial charge on any atom is 0.322 e. The minimum atomic E-state index is -1.33. The van der Waals surface area contributed by atoms with Crippen LogP contribution in [0, 0.1) is 0 Å². The van der Waals surface area contributed by atoms with Gasteiger partial charge in [0.1, 0.15) is 47.7 Å². The number of nitrogens with one attached hydrogen (secondary N) is 8. The van der Waals surface area contributed by atoms with Gasteiger partial charge in [-0.2, -0.15) is 0 Å². The molecule has 0 saturated heterocycles. The van der Waals surface area contributed by atoms with E-state index in [4.69, 9.17) is 33.8 Å². The van der Waals surface area contributed by atoms with Crippen molar-refractivity contribution in [1.82, 2.24) is 21.3 Å². The first-order valence-corrected chi connectivity index (χ1v) is 26.2. The summed E-state index contributed by atoms with van der Waals surface area (Å²) in [5.41, 5.74) is 27.5. The average Bonchev–Trinajstić information content (AvgIpc) is 3.51. The van der Waals surface area contributed by atoms with Gasteiger partial charge in [0.15, 0.2) is 0 Å². The van der Waals surface area contributed by atoms with E-state index in [0.29, 0.717) is 64.3 Å². The highest BCUT2D eigenvalue weighted by atomic mass is 16.4. The molecular weight excluding hydrogens is 1050 g/mol. The molecule has 0 fully saturated rings. The molecule has 0 heterocycles. The second-order valence-electron chi connectivity index (χ2n) is 18.8. The molecule has 0 aliphatic rings.